The minimum absolute atomic E-state index is 0.0211. The highest BCUT2D eigenvalue weighted by atomic mass is 15.2. The van der Waals surface area contributed by atoms with Crippen molar-refractivity contribution in [2.24, 2.45) is 0 Å². The maximum atomic E-state index is 2.61. The van der Waals surface area contributed by atoms with Crippen LogP contribution in [0.15, 0.2) is 212 Å². The summed E-state index contributed by atoms with van der Waals surface area (Å²) in [6.45, 7) is 18.8. The molecule has 13 rings (SSSR count). The van der Waals surface area contributed by atoms with E-state index in [1.807, 2.05) is 0 Å². The Morgan fingerprint density at radius 2 is 0.889 bits per heavy atom. The van der Waals surface area contributed by atoms with E-state index in [0.717, 1.165) is 5.69 Å². The number of hydrogen-bond acceptors (Lipinski definition) is 2. The van der Waals surface area contributed by atoms with Crippen molar-refractivity contribution < 1.29 is 0 Å². The molecule has 348 valence electrons. The Morgan fingerprint density at radius 3 is 1.61 bits per heavy atom. The summed E-state index contributed by atoms with van der Waals surface area (Å²) in [5.74, 6) is 0. The molecule has 0 aromatic heterocycles. The first-order chi connectivity index (χ1) is 34.7. The number of anilines is 6. The molecule has 2 heterocycles. The van der Waals surface area contributed by atoms with Crippen molar-refractivity contribution in [1.29, 1.82) is 0 Å². The van der Waals surface area contributed by atoms with Gasteiger partial charge in [-0.15, -0.1) is 0 Å². The second-order valence-corrected chi connectivity index (χ2v) is 23.0. The lowest BCUT2D eigenvalue weighted by molar-refractivity contribution is 0.590. The van der Waals surface area contributed by atoms with Gasteiger partial charge in [-0.2, -0.15) is 0 Å². The molecule has 0 saturated heterocycles. The van der Waals surface area contributed by atoms with Crippen LogP contribution in [0.25, 0.3) is 55.3 Å². The Morgan fingerprint density at radius 1 is 0.347 bits per heavy atom. The minimum Gasteiger partial charge on any atom is -0.311 e. The lowest BCUT2D eigenvalue weighted by Gasteiger charge is -2.45. The van der Waals surface area contributed by atoms with Crippen LogP contribution >= 0.6 is 0 Å². The van der Waals surface area contributed by atoms with E-state index in [2.05, 4.69) is 278 Å². The molecule has 72 heavy (non-hydrogen) atoms. The Hall–Kier alpha value is -7.88. The molecule has 0 N–H and O–H groups in total. The van der Waals surface area contributed by atoms with Crippen molar-refractivity contribution in [3.8, 4) is 44.5 Å². The van der Waals surface area contributed by atoms with Crippen molar-refractivity contribution in [1.82, 2.24) is 0 Å². The van der Waals surface area contributed by atoms with E-state index in [1.165, 1.54) is 122 Å². The molecule has 0 fully saturated rings. The van der Waals surface area contributed by atoms with E-state index < -0.39 is 0 Å². The largest absolute Gasteiger partial charge is 0.311 e. The van der Waals surface area contributed by atoms with Crippen LogP contribution in [-0.2, 0) is 16.2 Å². The fraction of sp³-hybridized carbons (Fsp3) is 0.159. The maximum Gasteiger partial charge on any atom is 0.252 e. The summed E-state index contributed by atoms with van der Waals surface area (Å²) in [6.07, 6.45) is 0. The third-order valence-corrected chi connectivity index (χ3v) is 16.2. The van der Waals surface area contributed by atoms with Gasteiger partial charge < -0.3 is 9.80 Å². The first-order valence-corrected chi connectivity index (χ1v) is 25.8. The number of rotatable bonds is 5. The third kappa shape index (κ3) is 6.85. The highest BCUT2D eigenvalue weighted by Crippen LogP contribution is 2.51. The quantitative estimate of drug-likeness (QED) is 0.159. The fourth-order valence-electron chi connectivity index (χ4n) is 12.3. The van der Waals surface area contributed by atoms with E-state index in [0.29, 0.717) is 0 Å². The molecule has 2 aliphatic heterocycles. The monoisotopic (exact) mass is 926 g/mol. The summed E-state index contributed by atoms with van der Waals surface area (Å²) < 4.78 is 0. The molecule has 0 atom stereocenters. The average Bonchev–Trinajstić information content (AvgIpc) is 3.63. The molecule has 3 heteroatoms. The van der Waals surface area contributed by atoms with E-state index in [-0.39, 0.29) is 23.0 Å². The zero-order valence-electron chi connectivity index (χ0n) is 42.7. The van der Waals surface area contributed by atoms with Crippen LogP contribution in [0.5, 0.6) is 0 Å². The van der Waals surface area contributed by atoms with Gasteiger partial charge in [0.2, 0.25) is 0 Å². The van der Waals surface area contributed by atoms with Crippen LogP contribution in [0.3, 0.4) is 0 Å². The lowest BCUT2D eigenvalue weighted by atomic mass is 9.33. The molecule has 0 spiro atoms. The summed E-state index contributed by atoms with van der Waals surface area (Å²) in [4.78, 5) is 5.21. The smallest absolute Gasteiger partial charge is 0.252 e. The van der Waals surface area contributed by atoms with Gasteiger partial charge in [0.25, 0.3) is 6.71 Å². The van der Waals surface area contributed by atoms with E-state index in [9.17, 15) is 0 Å². The number of nitrogens with zero attached hydrogens (tertiary/aromatic N) is 2. The summed E-state index contributed by atoms with van der Waals surface area (Å²) >= 11 is 0. The highest BCUT2D eigenvalue weighted by molar-refractivity contribution is 7.00. The second kappa shape index (κ2) is 16.1. The predicted molar refractivity (Wildman–Crippen MR) is 309 cm³/mol. The van der Waals surface area contributed by atoms with Crippen molar-refractivity contribution in [2.75, 3.05) is 9.80 Å². The van der Waals surface area contributed by atoms with Gasteiger partial charge in [0.05, 0.1) is 5.69 Å². The van der Waals surface area contributed by atoms with Gasteiger partial charge in [-0.3, -0.25) is 0 Å². The van der Waals surface area contributed by atoms with Gasteiger partial charge in [0.15, 0.2) is 0 Å². The Bertz CT molecular complexity index is 3800. The van der Waals surface area contributed by atoms with Gasteiger partial charge in [-0.25, -0.2) is 0 Å². The van der Waals surface area contributed by atoms with Gasteiger partial charge in [0.1, 0.15) is 0 Å². The van der Waals surface area contributed by atoms with Crippen molar-refractivity contribution in [3.05, 3.63) is 235 Å². The van der Waals surface area contributed by atoms with Gasteiger partial charge >= 0.3 is 0 Å². The molecule has 1 aliphatic carbocycles. The average molecular weight is 927 g/mol. The molecule has 0 unspecified atom stereocenters. The van der Waals surface area contributed by atoms with Gasteiger partial charge in [0, 0.05) is 39.2 Å². The molecule has 0 amide bonds. The van der Waals surface area contributed by atoms with E-state index in [4.69, 9.17) is 0 Å². The van der Waals surface area contributed by atoms with Crippen molar-refractivity contribution in [3.63, 3.8) is 0 Å². The lowest BCUT2D eigenvalue weighted by Crippen LogP contribution is -2.61. The van der Waals surface area contributed by atoms with Crippen LogP contribution < -0.4 is 26.2 Å². The van der Waals surface area contributed by atoms with Gasteiger partial charge in [-0.05, 0) is 148 Å². The van der Waals surface area contributed by atoms with E-state index >= 15 is 0 Å². The zero-order valence-corrected chi connectivity index (χ0v) is 42.7. The van der Waals surface area contributed by atoms with Crippen LogP contribution in [0.1, 0.15) is 77.6 Å². The first-order valence-electron chi connectivity index (χ1n) is 25.8. The number of hydrogen-bond donors (Lipinski definition) is 0. The molecule has 0 saturated carbocycles. The topological polar surface area (TPSA) is 6.48 Å². The van der Waals surface area contributed by atoms with Gasteiger partial charge in [-0.1, -0.05) is 219 Å². The molecular weight excluding hydrogens is 868 g/mol. The molecule has 0 bridgehead atoms. The SMILES string of the molecule is CC(C)(C)c1ccc2c(c1)N(c1ccc(-c3ccc4c(c3)C(C)(C)c3ccccc3-4)cc1)c1cc(C(C)(C)C)cc3c1B2c1cc(-c2ccccc2)ccc1N3c1ccc(-c2ccccc2)c2ccccc12. The van der Waals surface area contributed by atoms with E-state index in [1.54, 1.807) is 0 Å². The predicted octanol–water partition coefficient (Wildman–Crippen LogP) is 16.8. The van der Waals surface area contributed by atoms with Crippen molar-refractivity contribution in [2.45, 2.75) is 71.6 Å². The molecule has 2 nitrogen and oxygen atoms in total. The zero-order chi connectivity index (χ0) is 49.3. The highest BCUT2D eigenvalue weighted by Gasteiger charge is 2.45. The van der Waals surface area contributed by atoms with Crippen LogP contribution in [0.4, 0.5) is 34.1 Å². The minimum atomic E-state index is -0.145. The second-order valence-electron chi connectivity index (χ2n) is 23.0. The molecule has 10 aromatic rings. The Balaban J connectivity index is 1.06. The van der Waals surface area contributed by atoms with Crippen LogP contribution in [-0.4, -0.2) is 6.71 Å². The molecule has 0 radical (unpaired) electrons. The standard InChI is InChI=1S/C69H59BN2/c1-67(2,3)49-31-36-59-63(41-49)71(51-32-27-45(28-33-51)47-29-34-55-54-24-17-18-26-57(54)69(7,8)58(55)39-47)64-42-50(68(4,5)6)43-65-66(64)70(59)60-40-48(44-19-11-9-12-20-44)30-37-62(60)72(65)61-38-35-52(46-21-13-10-14-22-46)53-23-15-16-25-56(53)61/h9-43H,1-8H3. The molecular formula is C69H59BN2. The van der Waals surface area contributed by atoms with Crippen LogP contribution in [0, 0.1) is 0 Å². The fourth-order valence-corrected chi connectivity index (χ4v) is 12.3. The third-order valence-electron chi connectivity index (χ3n) is 16.2. The van der Waals surface area contributed by atoms with Crippen molar-refractivity contribution >= 4 is 68.0 Å². The number of fused-ring (bicyclic) bond motifs is 8. The first kappa shape index (κ1) is 44.1. The Kier molecular flexibility index (Phi) is 9.84. The molecule has 3 aliphatic rings. The summed E-state index contributed by atoms with van der Waals surface area (Å²) in [5, 5.41) is 2.47. The van der Waals surface area contributed by atoms with Crippen LogP contribution in [0.2, 0.25) is 0 Å². The summed E-state index contributed by atoms with van der Waals surface area (Å²) in [7, 11) is 0. The summed E-state index contributed by atoms with van der Waals surface area (Å²) in [6, 6.07) is 80.5. The summed E-state index contributed by atoms with van der Waals surface area (Å²) in [5.41, 5.74) is 26.4. The Labute approximate surface area is 426 Å². The maximum absolute atomic E-state index is 2.61. The normalized spacial score (nSPS) is 14.1. The number of benzene rings is 10. The molecule has 10 aromatic carbocycles.